The zero-order valence-electron chi connectivity index (χ0n) is 19.5. The second-order valence-electron chi connectivity index (χ2n) is 7.83. The Morgan fingerprint density at radius 1 is 0.971 bits per heavy atom. The van der Waals surface area contributed by atoms with Crippen molar-refractivity contribution in [3.8, 4) is 5.75 Å². The van der Waals surface area contributed by atoms with E-state index in [0.717, 1.165) is 19.9 Å². The fraction of sp³-hybridized carbons (Fsp3) is 0.269. The number of nitrogens with zero attached hydrogens (tertiary/aromatic N) is 1. The lowest BCUT2D eigenvalue weighted by Crippen LogP contribution is -2.42. The maximum absolute atomic E-state index is 13.6. The molecule has 0 fully saturated rings. The molecular formula is C26H29BrN2O4S. The first-order valence-corrected chi connectivity index (χ1v) is 13.3. The largest absolute Gasteiger partial charge is 0.494 e. The summed E-state index contributed by atoms with van der Waals surface area (Å²) in [5.41, 5.74) is 2.49. The number of ether oxygens (including phenoxy) is 1. The normalized spacial score (nSPS) is 12.1. The van der Waals surface area contributed by atoms with Gasteiger partial charge >= 0.3 is 0 Å². The van der Waals surface area contributed by atoms with Crippen molar-refractivity contribution >= 4 is 37.5 Å². The maximum Gasteiger partial charge on any atom is 0.264 e. The standard InChI is InChI=1S/C26H29BrN2O4S/c1-4-25(20-8-6-19(3)7-9-20)28-26(30)18-29(22-12-14-23(15-13-22)33-5-2)34(31,32)24-16-10-21(27)11-17-24/h6-17,25H,4-5,18H2,1-3H3,(H,28,30)/t25-/m0/s1. The van der Waals surface area contributed by atoms with Crippen molar-refractivity contribution in [2.45, 2.75) is 38.1 Å². The lowest BCUT2D eigenvalue weighted by molar-refractivity contribution is -0.120. The first-order valence-electron chi connectivity index (χ1n) is 11.1. The second kappa shape index (κ2) is 11.5. The number of halogens is 1. The van der Waals surface area contributed by atoms with Gasteiger partial charge in [0, 0.05) is 4.47 Å². The van der Waals surface area contributed by atoms with Crippen LogP contribution in [0.4, 0.5) is 5.69 Å². The fourth-order valence-corrected chi connectivity index (χ4v) is 5.20. The Bertz CT molecular complexity index is 1200. The monoisotopic (exact) mass is 544 g/mol. The summed E-state index contributed by atoms with van der Waals surface area (Å²) in [6.07, 6.45) is 0.678. The van der Waals surface area contributed by atoms with Gasteiger partial charge in [-0.1, -0.05) is 52.7 Å². The molecule has 3 rings (SSSR count). The molecule has 0 saturated heterocycles. The smallest absolute Gasteiger partial charge is 0.264 e. The van der Waals surface area contributed by atoms with Gasteiger partial charge in [-0.05, 0) is 74.4 Å². The van der Waals surface area contributed by atoms with Crippen LogP contribution in [-0.4, -0.2) is 27.5 Å². The average Bonchev–Trinajstić information content (AvgIpc) is 2.83. The summed E-state index contributed by atoms with van der Waals surface area (Å²) in [5.74, 6) is 0.240. The third kappa shape index (κ3) is 6.39. The molecule has 1 amide bonds. The summed E-state index contributed by atoms with van der Waals surface area (Å²) < 4.78 is 34.5. The lowest BCUT2D eigenvalue weighted by Gasteiger charge is -2.26. The topological polar surface area (TPSA) is 75.7 Å². The number of rotatable bonds is 10. The Labute approximate surface area is 210 Å². The van der Waals surface area contributed by atoms with E-state index < -0.39 is 10.0 Å². The molecule has 6 nitrogen and oxygen atoms in total. The van der Waals surface area contributed by atoms with Crippen LogP contribution in [0.3, 0.4) is 0 Å². The van der Waals surface area contributed by atoms with E-state index in [0.29, 0.717) is 24.5 Å². The van der Waals surface area contributed by atoms with Crippen molar-refractivity contribution in [2.24, 2.45) is 0 Å². The van der Waals surface area contributed by atoms with Gasteiger partial charge in [0.15, 0.2) is 0 Å². The van der Waals surface area contributed by atoms with Crippen LogP contribution in [0.5, 0.6) is 5.75 Å². The van der Waals surface area contributed by atoms with Crippen molar-refractivity contribution in [2.75, 3.05) is 17.5 Å². The summed E-state index contributed by atoms with van der Waals surface area (Å²) in [4.78, 5) is 13.2. The molecule has 1 atom stereocenters. The first kappa shape index (κ1) is 25.8. The quantitative estimate of drug-likeness (QED) is 0.359. The van der Waals surface area contributed by atoms with Crippen LogP contribution in [0.25, 0.3) is 0 Å². The summed E-state index contributed by atoms with van der Waals surface area (Å²) in [6, 6.07) is 20.8. The molecule has 3 aromatic carbocycles. The summed E-state index contributed by atoms with van der Waals surface area (Å²) in [5, 5.41) is 2.99. The molecule has 1 N–H and O–H groups in total. The zero-order valence-corrected chi connectivity index (χ0v) is 21.9. The number of benzene rings is 3. The lowest BCUT2D eigenvalue weighted by atomic mass is 10.0. The van der Waals surface area contributed by atoms with Crippen LogP contribution in [0.2, 0.25) is 0 Å². The second-order valence-corrected chi connectivity index (χ2v) is 10.6. The third-order valence-electron chi connectivity index (χ3n) is 5.35. The molecule has 180 valence electrons. The van der Waals surface area contributed by atoms with E-state index in [4.69, 9.17) is 4.74 Å². The zero-order chi connectivity index (χ0) is 24.7. The van der Waals surface area contributed by atoms with E-state index >= 15 is 0 Å². The highest BCUT2D eigenvalue weighted by Crippen LogP contribution is 2.27. The summed E-state index contributed by atoms with van der Waals surface area (Å²) in [6.45, 7) is 6.01. The van der Waals surface area contributed by atoms with Gasteiger partial charge in [-0.3, -0.25) is 9.10 Å². The minimum absolute atomic E-state index is 0.1000. The van der Waals surface area contributed by atoms with Crippen molar-refractivity contribution in [1.29, 1.82) is 0 Å². The molecule has 0 aliphatic heterocycles. The van der Waals surface area contributed by atoms with Crippen LogP contribution >= 0.6 is 15.9 Å². The van der Waals surface area contributed by atoms with Gasteiger partial charge < -0.3 is 10.1 Å². The van der Waals surface area contributed by atoms with Crippen LogP contribution in [0.1, 0.15) is 37.4 Å². The molecule has 0 heterocycles. The number of carbonyl (C=O) groups is 1. The number of anilines is 1. The van der Waals surface area contributed by atoms with Crippen LogP contribution < -0.4 is 14.4 Å². The molecule has 0 radical (unpaired) electrons. The van der Waals surface area contributed by atoms with Gasteiger partial charge in [-0.2, -0.15) is 0 Å². The number of hydrogen-bond acceptors (Lipinski definition) is 4. The molecule has 3 aromatic rings. The van der Waals surface area contributed by atoms with Crippen LogP contribution in [0.15, 0.2) is 82.2 Å². The predicted octanol–water partition coefficient (Wildman–Crippen LogP) is 5.62. The van der Waals surface area contributed by atoms with E-state index in [1.807, 2.05) is 45.0 Å². The molecule has 0 aliphatic rings. The maximum atomic E-state index is 13.6. The molecule has 34 heavy (non-hydrogen) atoms. The molecular weight excluding hydrogens is 516 g/mol. The van der Waals surface area contributed by atoms with Gasteiger partial charge in [-0.25, -0.2) is 8.42 Å². The van der Waals surface area contributed by atoms with E-state index in [2.05, 4.69) is 21.2 Å². The average molecular weight is 545 g/mol. The molecule has 0 aromatic heterocycles. The first-order chi connectivity index (χ1) is 16.2. The third-order valence-corrected chi connectivity index (χ3v) is 7.66. The van der Waals surface area contributed by atoms with E-state index in [1.165, 1.54) is 12.1 Å². The highest BCUT2D eigenvalue weighted by atomic mass is 79.9. The molecule has 0 saturated carbocycles. The summed E-state index contributed by atoms with van der Waals surface area (Å²) in [7, 11) is -3.99. The minimum atomic E-state index is -3.99. The Morgan fingerprint density at radius 2 is 1.59 bits per heavy atom. The van der Waals surface area contributed by atoms with Gasteiger partial charge in [0.25, 0.3) is 10.0 Å². The van der Waals surface area contributed by atoms with Gasteiger partial charge in [0.05, 0.1) is 23.2 Å². The Kier molecular flexibility index (Phi) is 8.74. The highest BCUT2D eigenvalue weighted by molar-refractivity contribution is 9.10. The van der Waals surface area contributed by atoms with Crippen molar-refractivity contribution in [1.82, 2.24) is 5.32 Å². The van der Waals surface area contributed by atoms with Gasteiger partial charge in [0.1, 0.15) is 12.3 Å². The van der Waals surface area contributed by atoms with Crippen LogP contribution in [0, 0.1) is 6.92 Å². The number of nitrogens with one attached hydrogen (secondary N) is 1. The SMILES string of the molecule is CCOc1ccc(N(CC(=O)N[C@@H](CC)c2ccc(C)cc2)S(=O)(=O)c2ccc(Br)cc2)cc1. The number of aryl methyl sites for hydroxylation is 1. The number of hydrogen-bond donors (Lipinski definition) is 1. The van der Waals surface area contributed by atoms with E-state index in [9.17, 15) is 13.2 Å². The Morgan fingerprint density at radius 3 is 2.15 bits per heavy atom. The van der Waals surface area contributed by atoms with Crippen molar-refractivity contribution in [3.05, 3.63) is 88.4 Å². The van der Waals surface area contributed by atoms with Crippen molar-refractivity contribution in [3.63, 3.8) is 0 Å². The molecule has 0 bridgehead atoms. The summed E-state index contributed by atoms with van der Waals surface area (Å²) >= 11 is 3.33. The van der Waals surface area contributed by atoms with Gasteiger partial charge in [0.2, 0.25) is 5.91 Å². The van der Waals surface area contributed by atoms with E-state index in [1.54, 1.807) is 36.4 Å². The van der Waals surface area contributed by atoms with Crippen molar-refractivity contribution < 1.29 is 17.9 Å². The van der Waals surface area contributed by atoms with Crippen LogP contribution in [-0.2, 0) is 14.8 Å². The number of amides is 1. The number of sulfonamides is 1. The Hall–Kier alpha value is -2.84. The number of carbonyl (C=O) groups excluding carboxylic acids is 1. The van der Waals surface area contributed by atoms with Gasteiger partial charge in [-0.15, -0.1) is 0 Å². The Balaban J connectivity index is 1.90. The molecule has 0 aliphatic carbocycles. The van der Waals surface area contributed by atoms with E-state index in [-0.39, 0.29) is 23.4 Å². The molecule has 0 unspecified atom stereocenters. The predicted molar refractivity (Wildman–Crippen MR) is 139 cm³/mol. The molecule has 0 spiro atoms. The fourth-order valence-electron chi connectivity index (χ4n) is 3.51. The highest BCUT2D eigenvalue weighted by Gasteiger charge is 2.28. The molecule has 8 heteroatoms. The minimum Gasteiger partial charge on any atom is -0.494 e.